The molecule has 1 unspecified atom stereocenters. The molecule has 1 heterocycles. The smallest absolute Gasteiger partial charge is 0.870 e. The molecule has 0 saturated heterocycles. The Morgan fingerprint density at radius 1 is 1.33 bits per heavy atom. The fourth-order valence-electron chi connectivity index (χ4n) is 2.78. The van der Waals surface area contributed by atoms with Crippen molar-refractivity contribution in [2.45, 2.75) is 45.4 Å². The summed E-state index contributed by atoms with van der Waals surface area (Å²) >= 11 is 0. The summed E-state index contributed by atoms with van der Waals surface area (Å²) in [4.78, 5) is 15.4. The maximum atomic E-state index is 10.9. The first-order chi connectivity index (χ1) is 9.14. The van der Waals surface area contributed by atoms with Crippen molar-refractivity contribution >= 4 is 11.8 Å². The van der Waals surface area contributed by atoms with Crippen LogP contribution in [-0.2, 0) is 4.79 Å². The van der Waals surface area contributed by atoms with Gasteiger partial charge in [-0.25, -0.2) is 4.99 Å². The molecule has 2 N–H and O–H groups in total. The number of aliphatic carboxylic acids is 1. The topological polar surface area (TPSA) is 103 Å². The van der Waals surface area contributed by atoms with Crippen LogP contribution in [0, 0.1) is 0 Å². The second kappa shape index (κ2) is 12.6. The SMILES string of the molecule is CCCCCCCC1=NCC[N+]1(CCO)CC(=O)[O-].[Na+].[OH-]. The molecule has 0 amide bonds. The van der Waals surface area contributed by atoms with Crippen molar-refractivity contribution in [3.8, 4) is 0 Å². The van der Waals surface area contributed by atoms with Crippen LogP contribution < -0.4 is 34.7 Å². The molecular weight excluding hydrogens is 283 g/mol. The Bertz CT molecular complexity index is 326. The van der Waals surface area contributed by atoms with Crippen molar-refractivity contribution in [3.63, 3.8) is 0 Å². The van der Waals surface area contributed by atoms with E-state index in [4.69, 9.17) is 0 Å². The van der Waals surface area contributed by atoms with E-state index in [0.29, 0.717) is 24.1 Å². The molecule has 0 bridgehead atoms. The summed E-state index contributed by atoms with van der Waals surface area (Å²) in [5, 5.41) is 20.1. The molecule has 0 aromatic rings. The molecule has 0 fully saturated rings. The van der Waals surface area contributed by atoms with Gasteiger partial charge in [-0.2, -0.15) is 0 Å². The van der Waals surface area contributed by atoms with Crippen molar-refractivity contribution in [3.05, 3.63) is 0 Å². The quantitative estimate of drug-likeness (QED) is 0.266. The Labute approximate surface area is 149 Å². The third-order valence-electron chi connectivity index (χ3n) is 3.83. The number of carboxylic acids is 1. The van der Waals surface area contributed by atoms with Crippen LogP contribution in [-0.4, -0.2) is 59.7 Å². The Balaban J connectivity index is 0. The average molecular weight is 310 g/mol. The first-order valence-corrected chi connectivity index (χ1v) is 7.35. The largest absolute Gasteiger partial charge is 1.00 e. The van der Waals surface area contributed by atoms with Crippen molar-refractivity contribution < 1.29 is 54.5 Å². The maximum Gasteiger partial charge on any atom is 1.00 e. The molecule has 0 radical (unpaired) electrons. The Morgan fingerprint density at radius 3 is 2.57 bits per heavy atom. The van der Waals surface area contributed by atoms with Gasteiger partial charge >= 0.3 is 29.6 Å². The summed E-state index contributed by atoms with van der Waals surface area (Å²) in [6.07, 6.45) is 6.76. The van der Waals surface area contributed by atoms with Crippen LogP contribution in [0.4, 0.5) is 0 Å². The molecule has 1 aliphatic heterocycles. The van der Waals surface area contributed by atoms with Gasteiger partial charge in [0.05, 0.1) is 19.1 Å². The number of aliphatic hydroxyl groups excluding tert-OH is 1. The maximum absolute atomic E-state index is 10.9. The molecule has 7 heteroatoms. The monoisotopic (exact) mass is 310 g/mol. The fraction of sp³-hybridized carbons (Fsp3) is 0.857. The number of hydrogen-bond donors (Lipinski definition) is 1. The second-order valence-electron chi connectivity index (χ2n) is 5.31. The van der Waals surface area contributed by atoms with Crippen LogP contribution in [0.1, 0.15) is 45.4 Å². The predicted molar refractivity (Wildman–Crippen MR) is 74.6 cm³/mol. The van der Waals surface area contributed by atoms with Gasteiger partial charge in [0, 0.05) is 6.42 Å². The third-order valence-corrected chi connectivity index (χ3v) is 3.83. The standard InChI is InChI=1S/C14H26N2O3.Na.H2O/c1-2-3-4-5-6-7-13-15-8-9-16(13,10-11-17)12-14(18)19;;/h17H,2-12H2,1H3;;1H2/q;+1;/p-1. The summed E-state index contributed by atoms with van der Waals surface area (Å²) in [5.41, 5.74) is 0. The molecular formula is C14H27N2NaO4. The van der Waals surface area contributed by atoms with Gasteiger partial charge in [0.2, 0.25) is 0 Å². The van der Waals surface area contributed by atoms with Crippen molar-refractivity contribution in [2.75, 3.05) is 32.8 Å². The zero-order valence-corrected chi connectivity index (χ0v) is 15.4. The van der Waals surface area contributed by atoms with Crippen LogP contribution in [0.3, 0.4) is 0 Å². The minimum atomic E-state index is -1.06. The minimum Gasteiger partial charge on any atom is -0.870 e. The van der Waals surface area contributed by atoms with E-state index in [0.717, 1.165) is 25.1 Å². The Kier molecular flexibility index (Phi) is 13.9. The van der Waals surface area contributed by atoms with E-state index in [-0.39, 0.29) is 48.2 Å². The predicted octanol–water partition coefficient (Wildman–Crippen LogP) is -2.85. The summed E-state index contributed by atoms with van der Waals surface area (Å²) in [6.45, 7) is 3.89. The van der Waals surface area contributed by atoms with Gasteiger partial charge < -0.3 is 20.5 Å². The molecule has 1 aliphatic rings. The molecule has 0 saturated carbocycles. The molecule has 118 valence electrons. The molecule has 1 atom stereocenters. The normalized spacial score (nSPS) is 20.4. The van der Waals surface area contributed by atoms with Gasteiger partial charge in [-0.05, 0) is 6.42 Å². The van der Waals surface area contributed by atoms with Gasteiger partial charge in [-0.1, -0.05) is 32.6 Å². The number of rotatable bonds is 10. The van der Waals surface area contributed by atoms with Crippen LogP contribution in [0.2, 0.25) is 0 Å². The van der Waals surface area contributed by atoms with Gasteiger partial charge in [0.25, 0.3) is 0 Å². The van der Waals surface area contributed by atoms with Crippen molar-refractivity contribution in [1.29, 1.82) is 0 Å². The molecule has 1 rings (SSSR count). The zero-order chi connectivity index (χ0) is 14.1. The third kappa shape index (κ3) is 7.72. The fourth-order valence-corrected chi connectivity index (χ4v) is 2.78. The molecule has 0 aromatic carbocycles. The number of unbranched alkanes of at least 4 members (excludes halogenated alkanes) is 4. The summed E-state index contributed by atoms with van der Waals surface area (Å²) in [5.74, 6) is -0.121. The number of hydrogen-bond acceptors (Lipinski definition) is 5. The summed E-state index contributed by atoms with van der Waals surface area (Å²) in [7, 11) is 0. The van der Waals surface area contributed by atoms with E-state index in [2.05, 4.69) is 11.9 Å². The number of amidine groups is 1. The number of aliphatic imine (C=N–C) groups is 1. The summed E-state index contributed by atoms with van der Waals surface area (Å²) in [6, 6.07) is 0. The van der Waals surface area contributed by atoms with Gasteiger partial charge in [-0.3, -0.25) is 4.48 Å². The number of quaternary nitrogens is 1. The first kappa shape index (κ1) is 23.3. The van der Waals surface area contributed by atoms with Crippen LogP contribution in [0.5, 0.6) is 0 Å². The van der Waals surface area contributed by atoms with Crippen LogP contribution in [0.25, 0.3) is 0 Å². The molecule has 0 aromatic heterocycles. The number of aliphatic hydroxyl groups is 1. The number of carboxylic acid groups (broad SMARTS) is 1. The summed E-state index contributed by atoms with van der Waals surface area (Å²) < 4.78 is 0.298. The minimum absolute atomic E-state index is 0. The number of carbonyl (C=O) groups is 1. The van der Waals surface area contributed by atoms with Gasteiger partial charge in [0.15, 0.2) is 5.84 Å². The molecule has 21 heavy (non-hydrogen) atoms. The van der Waals surface area contributed by atoms with Crippen molar-refractivity contribution in [2.24, 2.45) is 4.99 Å². The van der Waals surface area contributed by atoms with Crippen molar-refractivity contribution in [1.82, 2.24) is 0 Å². The average Bonchev–Trinajstić information content (AvgIpc) is 2.71. The van der Waals surface area contributed by atoms with E-state index in [1.54, 1.807) is 0 Å². The van der Waals surface area contributed by atoms with E-state index < -0.39 is 5.97 Å². The van der Waals surface area contributed by atoms with E-state index in [9.17, 15) is 15.0 Å². The van der Waals surface area contributed by atoms with Crippen LogP contribution >= 0.6 is 0 Å². The molecule has 6 nitrogen and oxygen atoms in total. The van der Waals surface area contributed by atoms with E-state index >= 15 is 0 Å². The Hall–Kier alpha value is 0.0200. The number of nitrogens with zero attached hydrogens (tertiary/aromatic N) is 2. The van der Waals surface area contributed by atoms with Crippen LogP contribution in [0.15, 0.2) is 4.99 Å². The first-order valence-electron chi connectivity index (χ1n) is 7.35. The van der Waals surface area contributed by atoms with Gasteiger partial charge in [0.1, 0.15) is 19.6 Å². The number of carbonyl (C=O) groups excluding carboxylic acids is 1. The zero-order valence-electron chi connectivity index (χ0n) is 13.4. The Morgan fingerprint density at radius 2 is 2.00 bits per heavy atom. The second-order valence-corrected chi connectivity index (χ2v) is 5.31. The van der Waals surface area contributed by atoms with Gasteiger partial charge in [-0.15, -0.1) is 0 Å². The molecule has 0 spiro atoms. The molecule has 0 aliphatic carbocycles. The van der Waals surface area contributed by atoms with E-state index in [1.165, 1.54) is 19.3 Å². The van der Waals surface area contributed by atoms with E-state index in [1.807, 2.05) is 0 Å².